The highest BCUT2D eigenvalue weighted by molar-refractivity contribution is 6.32. The zero-order valence-corrected chi connectivity index (χ0v) is 12.0. The van der Waals surface area contributed by atoms with Crippen molar-refractivity contribution >= 4 is 19.0 Å². The van der Waals surface area contributed by atoms with Gasteiger partial charge in [0.2, 0.25) is 0 Å². The Bertz CT molecular complexity index is 709. The summed E-state index contributed by atoms with van der Waals surface area (Å²) < 4.78 is 76.6. The van der Waals surface area contributed by atoms with Gasteiger partial charge in [0.1, 0.15) is 13.6 Å². The summed E-state index contributed by atoms with van der Waals surface area (Å²) in [6.07, 6.45) is -9.84. The Morgan fingerprint density at radius 2 is 1.42 bits per heavy atom. The summed E-state index contributed by atoms with van der Waals surface area (Å²) in [5.41, 5.74) is -2.68. The van der Waals surface area contributed by atoms with E-state index in [-0.39, 0.29) is 29.6 Å². The average molecular weight is 345 g/mol. The van der Waals surface area contributed by atoms with E-state index in [1.54, 1.807) is 0 Å². The fraction of sp³-hybridized carbons (Fsp3) is 0.200. The molecule has 0 aliphatic heterocycles. The third-order valence-electron chi connectivity index (χ3n) is 3.17. The van der Waals surface area contributed by atoms with E-state index >= 15 is 0 Å². The molecule has 0 aliphatic carbocycles. The van der Waals surface area contributed by atoms with Gasteiger partial charge in [0.15, 0.2) is 0 Å². The summed E-state index contributed by atoms with van der Waals surface area (Å²) in [6, 6.07) is 5.23. The molecule has 126 valence electrons. The van der Waals surface area contributed by atoms with Crippen LogP contribution in [-0.4, -0.2) is 13.0 Å². The fourth-order valence-electron chi connectivity index (χ4n) is 2.00. The predicted octanol–water partition coefficient (Wildman–Crippen LogP) is 3.84. The molecule has 0 atom stereocenters. The fourth-order valence-corrected chi connectivity index (χ4v) is 2.00. The molecule has 0 saturated heterocycles. The van der Waals surface area contributed by atoms with Crippen LogP contribution in [0.25, 0.3) is 0 Å². The number of hydrogen-bond acceptors (Lipinski definition) is 2. The molecule has 2 rings (SSSR count). The third kappa shape index (κ3) is 4.36. The maximum absolute atomic E-state index is 12.8. The molecule has 0 heterocycles. The van der Waals surface area contributed by atoms with Crippen LogP contribution in [0.2, 0.25) is 0 Å². The van der Waals surface area contributed by atoms with E-state index in [4.69, 9.17) is 7.85 Å². The van der Waals surface area contributed by atoms with E-state index in [0.717, 1.165) is 0 Å². The van der Waals surface area contributed by atoms with Gasteiger partial charge in [0.25, 0.3) is 0 Å². The molecule has 2 nitrogen and oxygen atoms in total. The summed E-state index contributed by atoms with van der Waals surface area (Å²) in [5, 5.41) is 12.1. The van der Waals surface area contributed by atoms with Crippen molar-refractivity contribution in [3.05, 3.63) is 53.1 Å². The summed E-state index contributed by atoms with van der Waals surface area (Å²) in [7, 11) is 5.52. The molecule has 0 unspecified atom stereocenters. The Kier molecular flexibility index (Phi) is 4.73. The molecule has 0 amide bonds. The van der Waals surface area contributed by atoms with E-state index in [0.29, 0.717) is 17.6 Å². The molecule has 24 heavy (non-hydrogen) atoms. The van der Waals surface area contributed by atoms with Crippen LogP contribution in [0.3, 0.4) is 0 Å². The minimum Gasteiger partial charge on any atom is -0.508 e. The standard InChI is InChI=1S/C15H10BF6NO/c16-11-1-2-13(24)8(3-11)7-23-12-5-9(14(17,18)19)4-10(6-12)15(20,21)22/h1-6,23-24H,7H2. The Morgan fingerprint density at radius 1 is 0.875 bits per heavy atom. The highest BCUT2D eigenvalue weighted by Crippen LogP contribution is 2.37. The lowest BCUT2D eigenvalue weighted by atomic mass is 9.94. The van der Waals surface area contributed by atoms with Crippen LogP contribution in [0.1, 0.15) is 16.7 Å². The van der Waals surface area contributed by atoms with Crippen molar-refractivity contribution in [2.45, 2.75) is 18.9 Å². The normalized spacial score (nSPS) is 12.2. The third-order valence-corrected chi connectivity index (χ3v) is 3.17. The van der Waals surface area contributed by atoms with Crippen molar-refractivity contribution in [3.8, 4) is 5.75 Å². The summed E-state index contributed by atoms with van der Waals surface area (Å²) in [5.74, 6) is -0.181. The lowest BCUT2D eigenvalue weighted by Gasteiger charge is -2.15. The number of nitrogens with one attached hydrogen (secondary N) is 1. The Labute approximate surface area is 134 Å². The number of phenolic OH excluding ortho intramolecular Hbond substituents is 1. The van der Waals surface area contributed by atoms with Gasteiger partial charge in [-0.2, -0.15) is 26.3 Å². The molecule has 0 aliphatic rings. The molecular formula is C15H10BF6NO. The summed E-state index contributed by atoms with van der Waals surface area (Å²) in [4.78, 5) is 0. The zero-order valence-electron chi connectivity index (χ0n) is 12.0. The number of anilines is 1. The van der Waals surface area contributed by atoms with Crippen molar-refractivity contribution < 1.29 is 31.4 Å². The van der Waals surface area contributed by atoms with E-state index in [2.05, 4.69) is 5.32 Å². The van der Waals surface area contributed by atoms with Crippen LogP contribution in [0.15, 0.2) is 36.4 Å². The van der Waals surface area contributed by atoms with Crippen molar-refractivity contribution in [3.63, 3.8) is 0 Å². The van der Waals surface area contributed by atoms with E-state index in [1.807, 2.05) is 0 Å². The average Bonchev–Trinajstić information content (AvgIpc) is 2.46. The van der Waals surface area contributed by atoms with Gasteiger partial charge in [-0.1, -0.05) is 17.6 Å². The van der Waals surface area contributed by atoms with Crippen LogP contribution in [0.4, 0.5) is 32.0 Å². The molecule has 2 N–H and O–H groups in total. The summed E-state index contributed by atoms with van der Waals surface area (Å²) >= 11 is 0. The van der Waals surface area contributed by atoms with Gasteiger partial charge < -0.3 is 10.4 Å². The van der Waals surface area contributed by atoms with Crippen molar-refractivity contribution in [1.82, 2.24) is 0 Å². The second-order valence-corrected chi connectivity index (χ2v) is 5.04. The van der Waals surface area contributed by atoms with Gasteiger partial charge in [-0.05, 0) is 24.3 Å². The number of halogens is 6. The van der Waals surface area contributed by atoms with Crippen molar-refractivity contribution in [1.29, 1.82) is 0 Å². The Morgan fingerprint density at radius 3 is 1.92 bits per heavy atom. The van der Waals surface area contributed by atoms with Gasteiger partial charge in [0.05, 0.1) is 11.1 Å². The number of phenols is 1. The molecule has 9 heteroatoms. The van der Waals surface area contributed by atoms with Crippen LogP contribution in [-0.2, 0) is 18.9 Å². The largest absolute Gasteiger partial charge is 0.508 e. The van der Waals surface area contributed by atoms with Gasteiger partial charge in [-0.25, -0.2) is 0 Å². The van der Waals surface area contributed by atoms with Crippen LogP contribution in [0, 0.1) is 0 Å². The topological polar surface area (TPSA) is 32.3 Å². The Balaban J connectivity index is 2.34. The first-order chi connectivity index (χ1) is 11.0. The molecule has 2 radical (unpaired) electrons. The van der Waals surface area contributed by atoms with Crippen LogP contribution < -0.4 is 10.8 Å². The van der Waals surface area contributed by atoms with Gasteiger partial charge in [-0.3, -0.25) is 0 Å². The smallest absolute Gasteiger partial charge is 0.416 e. The highest BCUT2D eigenvalue weighted by Gasteiger charge is 2.36. The lowest BCUT2D eigenvalue weighted by Crippen LogP contribution is -2.12. The molecule has 0 saturated carbocycles. The number of alkyl halides is 6. The van der Waals surface area contributed by atoms with Gasteiger partial charge >= 0.3 is 12.4 Å². The maximum Gasteiger partial charge on any atom is 0.416 e. The monoisotopic (exact) mass is 345 g/mol. The molecule has 2 aromatic carbocycles. The predicted molar refractivity (Wildman–Crippen MR) is 77.3 cm³/mol. The minimum absolute atomic E-state index is 0.0448. The van der Waals surface area contributed by atoms with E-state index in [9.17, 15) is 31.4 Å². The van der Waals surface area contributed by atoms with E-state index < -0.39 is 23.5 Å². The minimum atomic E-state index is -4.92. The second-order valence-electron chi connectivity index (χ2n) is 5.04. The lowest BCUT2D eigenvalue weighted by molar-refractivity contribution is -0.143. The molecule has 2 aromatic rings. The number of benzene rings is 2. The van der Waals surface area contributed by atoms with Crippen LogP contribution in [0.5, 0.6) is 5.75 Å². The number of rotatable bonds is 3. The molecular weight excluding hydrogens is 335 g/mol. The van der Waals surface area contributed by atoms with Gasteiger partial charge in [-0.15, -0.1) is 0 Å². The van der Waals surface area contributed by atoms with Crippen molar-refractivity contribution in [2.24, 2.45) is 0 Å². The quantitative estimate of drug-likeness (QED) is 0.655. The van der Waals surface area contributed by atoms with E-state index in [1.165, 1.54) is 18.2 Å². The highest BCUT2D eigenvalue weighted by atomic mass is 19.4. The Hall–Kier alpha value is -2.32. The second kappa shape index (κ2) is 6.29. The first-order valence-corrected chi connectivity index (χ1v) is 6.57. The first kappa shape index (κ1) is 18.0. The van der Waals surface area contributed by atoms with Crippen LogP contribution >= 0.6 is 0 Å². The first-order valence-electron chi connectivity index (χ1n) is 6.57. The SMILES string of the molecule is [B]c1ccc(O)c(CNc2cc(C(F)(F)F)cc(C(F)(F)F)c2)c1. The molecule has 0 bridgehead atoms. The summed E-state index contributed by atoms with van der Waals surface area (Å²) in [6.45, 7) is -0.199. The zero-order chi connectivity index (χ0) is 18.1. The molecule has 0 fully saturated rings. The van der Waals surface area contributed by atoms with Gasteiger partial charge in [0, 0.05) is 17.8 Å². The van der Waals surface area contributed by atoms with Crippen molar-refractivity contribution in [2.75, 3.05) is 5.32 Å². The number of aromatic hydroxyl groups is 1. The molecule has 0 aromatic heterocycles. The number of hydrogen-bond donors (Lipinski definition) is 2. The maximum atomic E-state index is 12.8. The molecule has 0 spiro atoms.